The molecule has 1 rings (SSSR count). The number of nitrogens with one attached hydrogen (secondary N) is 1. The van der Waals surface area contributed by atoms with Crippen molar-refractivity contribution in [1.82, 2.24) is 5.32 Å². The standard InChI is InChI=1S/C13H15NO3/c1-4-8-14-12(13(15)17-3)10-6-5-7-11(9-10)16-2/h1,5-7,9,12,14H,8H2,2-3H3. The van der Waals surface area contributed by atoms with Gasteiger partial charge in [-0.25, -0.2) is 4.79 Å². The molecule has 1 atom stereocenters. The molecule has 0 radical (unpaired) electrons. The van der Waals surface area contributed by atoms with Gasteiger partial charge in [0.15, 0.2) is 0 Å². The smallest absolute Gasteiger partial charge is 0.327 e. The zero-order valence-electron chi connectivity index (χ0n) is 9.90. The molecule has 90 valence electrons. The van der Waals surface area contributed by atoms with Gasteiger partial charge in [-0.3, -0.25) is 5.32 Å². The Morgan fingerprint density at radius 3 is 2.88 bits per heavy atom. The average Bonchev–Trinajstić information content (AvgIpc) is 2.39. The van der Waals surface area contributed by atoms with Gasteiger partial charge in [0.25, 0.3) is 0 Å². The lowest BCUT2D eigenvalue weighted by atomic mass is 10.1. The zero-order chi connectivity index (χ0) is 12.7. The van der Waals surface area contributed by atoms with E-state index in [1.54, 1.807) is 19.2 Å². The lowest BCUT2D eigenvalue weighted by molar-refractivity contribution is -0.143. The molecule has 0 aliphatic heterocycles. The number of methoxy groups -OCH3 is 2. The summed E-state index contributed by atoms with van der Waals surface area (Å²) in [6, 6.07) is 6.62. The summed E-state index contributed by atoms with van der Waals surface area (Å²) in [5.74, 6) is 2.72. The van der Waals surface area contributed by atoms with E-state index in [1.807, 2.05) is 12.1 Å². The summed E-state index contributed by atoms with van der Waals surface area (Å²) in [5, 5.41) is 2.92. The van der Waals surface area contributed by atoms with Crippen LogP contribution in [-0.4, -0.2) is 26.7 Å². The maximum atomic E-state index is 11.6. The van der Waals surface area contributed by atoms with Gasteiger partial charge >= 0.3 is 5.97 Å². The van der Waals surface area contributed by atoms with Gasteiger partial charge < -0.3 is 9.47 Å². The van der Waals surface area contributed by atoms with Crippen molar-refractivity contribution in [2.24, 2.45) is 0 Å². The van der Waals surface area contributed by atoms with E-state index >= 15 is 0 Å². The maximum absolute atomic E-state index is 11.6. The average molecular weight is 233 g/mol. The van der Waals surface area contributed by atoms with Crippen molar-refractivity contribution in [1.29, 1.82) is 0 Å². The molecule has 4 nitrogen and oxygen atoms in total. The monoisotopic (exact) mass is 233 g/mol. The highest BCUT2D eigenvalue weighted by Crippen LogP contribution is 2.19. The van der Waals surface area contributed by atoms with E-state index < -0.39 is 6.04 Å². The minimum atomic E-state index is -0.578. The molecule has 0 aromatic heterocycles. The van der Waals surface area contributed by atoms with E-state index in [4.69, 9.17) is 15.9 Å². The molecular formula is C13H15NO3. The molecule has 0 aliphatic carbocycles. The third-order valence-electron chi connectivity index (χ3n) is 2.27. The first-order valence-electron chi connectivity index (χ1n) is 5.11. The Balaban J connectivity index is 2.95. The highest BCUT2D eigenvalue weighted by molar-refractivity contribution is 5.77. The molecule has 0 saturated carbocycles. The van der Waals surface area contributed by atoms with Crippen LogP contribution in [0, 0.1) is 12.3 Å². The Bertz CT molecular complexity index is 423. The summed E-state index contributed by atoms with van der Waals surface area (Å²) in [6.07, 6.45) is 5.16. The van der Waals surface area contributed by atoms with Gasteiger partial charge in [0.1, 0.15) is 11.8 Å². The number of carbonyl (C=O) groups is 1. The van der Waals surface area contributed by atoms with Gasteiger partial charge in [0.05, 0.1) is 20.8 Å². The third kappa shape index (κ3) is 3.51. The molecule has 0 spiro atoms. The summed E-state index contributed by atoms with van der Waals surface area (Å²) in [5.41, 5.74) is 0.756. The van der Waals surface area contributed by atoms with E-state index in [0.717, 1.165) is 5.56 Å². The van der Waals surface area contributed by atoms with E-state index in [2.05, 4.69) is 11.2 Å². The highest BCUT2D eigenvalue weighted by Gasteiger charge is 2.20. The van der Waals surface area contributed by atoms with Crippen LogP contribution in [0.1, 0.15) is 11.6 Å². The van der Waals surface area contributed by atoms with Crippen molar-refractivity contribution in [3.63, 3.8) is 0 Å². The number of esters is 1. The summed E-state index contributed by atoms with van der Waals surface area (Å²) in [6.45, 7) is 0.289. The summed E-state index contributed by atoms with van der Waals surface area (Å²) in [7, 11) is 2.91. The summed E-state index contributed by atoms with van der Waals surface area (Å²) in [4.78, 5) is 11.6. The fraction of sp³-hybridized carbons (Fsp3) is 0.308. The van der Waals surface area contributed by atoms with Gasteiger partial charge in [-0.05, 0) is 17.7 Å². The number of benzene rings is 1. The van der Waals surface area contributed by atoms with E-state index in [-0.39, 0.29) is 12.5 Å². The van der Waals surface area contributed by atoms with Gasteiger partial charge in [0.2, 0.25) is 0 Å². The zero-order valence-corrected chi connectivity index (χ0v) is 9.90. The molecule has 1 aromatic carbocycles. The lowest BCUT2D eigenvalue weighted by Crippen LogP contribution is -2.29. The van der Waals surface area contributed by atoms with Crippen LogP contribution in [0.3, 0.4) is 0 Å². The van der Waals surface area contributed by atoms with Crippen LogP contribution in [0.4, 0.5) is 0 Å². The molecule has 0 aliphatic rings. The quantitative estimate of drug-likeness (QED) is 0.612. The van der Waals surface area contributed by atoms with Crippen molar-refractivity contribution >= 4 is 5.97 Å². The van der Waals surface area contributed by atoms with Crippen molar-refractivity contribution in [2.75, 3.05) is 20.8 Å². The second kappa shape index (κ2) is 6.56. The van der Waals surface area contributed by atoms with Gasteiger partial charge in [-0.15, -0.1) is 6.42 Å². The first kappa shape index (κ1) is 13.1. The number of carbonyl (C=O) groups excluding carboxylic acids is 1. The molecule has 1 unspecified atom stereocenters. The molecular weight excluding hydrogens is 218 g/mol. The molecule has 0 saturated heterocycles. The predicted octanol–water partition coefficient (Wildman–Crippen LogP) is 1.13. The van der Waals surface area contributed by atoms with Crippen molar-refractivity contribution in [2.45, 2.75) is 6.04 Å². The lowest BCUT2D eigenvalue weighted by Gasteiger charge is -2.16. The summed E-state index contributed by atoms with van der Waals surface area (Å²) >= 11 is 0. The normalized spacial score (nSPS) is 11.4. The van der Waals surface area contributed by atoms with Gasteiger partial charge in [0, 0.05) is 0 Å². The Morgan fingerprint density at radius 2 is 2.29 bits per heavy atom. The first-order chi connectivity index (χ1) is 8.22. The molecule has 0 fully saturated rings. The van der Waals surface area contributed by atoms with Crippen LogP contribution < -0.4 is 10.1 Å². The fourth-order valence-corrected chi connectivity index (χ4v) is 1.44. The number of ether oxygens (including phenoxy) is 2. The Hall–Kier alpha value is -1.99. The van der Waals surface area contributed by atoms with Crippen LogP contribution in [-0.2, 0) is 9.53 Å². The predicted molar refractivity (Wildman–Crippen MR) is 64.6 cm³/mol. The number of hydrogen-bond acceptors (Lipinski definition) is 4. The number of hydrogen-bond donors (Lipinski definition) is 1. The van der Waals surface area contributed by atoms with E-state index in [0.29, 0.717) is 5.75 Å². The third-order valence-corrected chi connectivity index (χ3v) is 2.27. The van der Waals surface area contributed by atoms with Crippen molar-refractivity contribution < 1.29 is 14.3 Å². The molecule has 1 aromatic rings. The minimum Gasteiger partial charge on any atom is -0.497 e. The largest absolute Gasteiger partial charge is 0.497 e. The minimum absolute atomic E-state index is 0.289. The van der Waals surface area contributed by atoms with Crippen molar-refractivity contribution in [3.05, 3.63) is 29.8 Å². The fourth-order valence-electron chi connectivity index (χ4n) is 1.44. The Kier molecular flexibility index (Phi) is 5.05. The second-order valence-electron chi connectivity index (χ2n) is 3.32. The first-order valence-corrected chi connectivity index (χ1v) is 5.11. The summed E-state index contributed by atoms with van der Waals surface area (Å²) < 4.78 is 9.83. The van der Waals surface area contributed by atoms with Crippen LogP contribution in [0.15, 0.2) is 24.3 Å². The molecule has 4 heteroatoms. The van der Waals surface area contributed by atoms with Crippen LogP contribution in [0.5, 0.6) is 5.75 Å². The molecule has 0 heterocycles. The molecule has 0 amide bonds. The van der Waals surface area contributed by atoms with Crippen LogP contribution in [0.25, 0.3) is 0 Å². The number of rotatable bonds is 5. The van der Waals surface area contributed by atoms with E-state index in [1.165, 1.54) is 7.11 Å². The Morgan fingerprint density at radius 1 is 1.53 bits per heavy atom. The molecule has 0 bridgehead atoms. The van der Waals surface area contributed by atoms with E-state index in [9.17, 15) is 4.79 Å². The molecule has 17 heavy (non-hydrogen) atoms. The molecule has 1 N–H and O–H groups in total. The van der Waals surface area contributed by atoms with Crippen molar-refractivity contribution in [3.8, 4) is 18.1 Å². The maximum Gasteiger partial charge on any atom is 0.327 e. The Labute approximate surface area is 101 Å². The van der Waals surface area contributed by atoms with Crippen LogP contribution >= 0.6 is 0 Å². The topological polar surface area (TPSA) is 47.6 Å². The highest BCUT2D eigenvalue weighted by atomic mass is 16.5. The van der Waals surface area contributed by atoms with Gasteiger partial charge in [-0.1, -0.05) is 18.1 Å². The van der Waals surface area contributed by atoms with Crippen LogP contribution in [0.2, 0.25) is 0 Å². The second-order valence-corrected chi connectivity index (χ2v) is 3.32. The number of terminal acetylenes is 1. The SMILES string of the molecule is C#CCNC(C(=O)OC)c1cccc(OC)c1. The van der Waals surface area contributed by atoms with Gasteiger partial charge in [-0.2, -0.15) is 0 Å².